The summed E-state index contributed by atoms with van der Waals surface area (Å²) in [6.45, 7) is 1.91. The van der Waals surface area contributed by atoms with Crippen LogP contribution in [0.15, 0.2) is 24.4 Å². The molecule has 2 rings (SSSR count). The lowest BCUT2D eigenvalue weighted by Gasteiger charge is -2.05. The number of amides is 1. The van der Waals surface area contributed by atoms with Gasteiger partial charge in [-0.2, -0.15) is 0 Å². The highest BCUT2D eigenvalue weighted by atomic mass is 32.1. The molecular weight excluding hydrogens is 267 g/mol. The maximum absolute atomic E-state index is 13.5. The number of carbonyl (C=O) groups is 1. The molecule has 0 aliphatic heterocycles. The predicted octanol–water partition coefficient (Wildman–Crippen LogP) is 2.78. The zero-order valence-electron chi connectivity index (χ0n) is 10.6. The number of anilines is 1. The molecule has 0 spiro atoms. The number of methoxy groups -OCH3 is 1. The third kappa shape index (κ3) is 3.51. The molecule has 0 radical (unpaired) electrons. The van der Waals surface area contributed by atoms with Crippen molar-refractivity contribution in [2.75, 3.05) is 12.4 Å². The van der Waals surface area contributed by atoms with Crippen LogP contribution in [0.25, 0.3) is 0 Å². The van der Waals surface area contributed by atoms with Crippen LogP contribution in [0.3, 0.4) is 0 Å². The van der Waals surface area contributed by atoms with Gasteiger partial charge in [-0.05, 0) is 24.6 Å². The summed E-state index contributed by atoms with van der Waals surface area (Å²) in [6, 6.07) is 4.46. The fraction of sp³-hybridized carbons (Fsp3) is 0.231. The summed E-state index contributed by atoms with van der Waals surface area (Å²) >= 11 is 1.40. The molecule has 4 nitrogen and oxygen atoms in total. The van der Waals surface area contributed by atoms with E-state index < -0.39 is 5.82 Å². The average Bonchev–Trinajstić information content (AvgIpc) is 2.74. The lowest BCUT2D eigenvalue weighted by molar-refractivity contribution is -0.115. The van der Waals surface area contributed by atoms with Crippen molar-refractivity contribution in [3.8, 4) is 5.75 Å². The van der Waals surface area contributed by atoms with Crippen LogP contribution in [0.2, 0.25) is 0 Å². The van der Waals surface area contributed by atoms with Crippen LogP contribution in [-0.4, -0.2) is 18.0 Å². The largest absolute Gasteiger partial charge is 0.494 e. The summed E-state index contributed by atoms with van der Waals surface area (Å²) < 4.78 is 18.3. The van der Waals surface area contributed by atoms with E-state index in [4.69, 9.17) is 4.74 Å². The summed E-state index contributed by atoms with van der Waals surface area (Å²) in [5.41, 5.74) is 0.587. The van der Waals surface area contributed by atoms with Gasteiger partial charge >= 0.3 is 0 Å². The quantitative estimate of drug-likeness (QED) is 0.937. The highest BCUT2D eigenvalue weighted by Gasteiger charge is 2.09. The molecule has 1 heterocycles. The van der Waals surface area contributed by atoms with Gasteiger partial charge in [-0.25, -0.2) is 9.37 Å². The van der Waals surface area contributed by atoms with Gasteiger partial charge in [0.05, 0.1) is 13.5 Å². The number of nitrogens with one attached hydrogen (secondary N) is 1. The van der Waals surface area contributed by atoms with Crippen molar-refractivity contribution in [2.24, 2.45) is 0 Å². The number of aryl methyl sites for hydroxylation is 1. The number of rotatable bonds is 4. The molecule has 1 aromatic heterocycles. The number of benzene rings is 1. The zero-order valence-corrected chi connectivity index (χ0v) is 11.4. The molecular formula is C13H13FN2O2S. The molecule has 6 heteroatoms. The monoisotopic (exact) mass is 280 g/mol. The molecule has 100 valence electrons. The van der Waals surface area contributed by atoms with E-state index in [0.29, 0.717) is 10.7 Å². The van der Waals surface area contributed by atoms with Gasteiger partial charge in [0.25, 0.3) is 0 Å². The number of halogens is 1. The summed E-state index contributed by atoms with van der Waals surface area (Å²) in [5.74, 6) is -0.531. The van der Waals surface area contributed by atoms with Gasteiger partial charge in [0.1, 0.15) is 0 Å². The molecule has 0 bridgehead atoms. The van der Waals surface area contributed by atoms with Crippen molar-refractivity contribution in [1.82, 2.24) is 4.98 Å². The lowest BCUT2D eigenvalue weighted by atomic mass is 10.1. The van der Waals surface area contributed by atoms with Crippen LogP contribution in [0.1, 0.15) is 10.4 Å². The topological polar surface area (TPSA) is 51.2 Å². The van der Waals surface area contributed by atoms with E-state index in [1.54, 1.807) is 12.3 Å². The number of carbonyl (C=O) groups excluding carboxylic acids is 1. The Bertz CT molecular complexity index is 598. The van der Waals surface area contributed by atoms with Gasteiger partial charge < -0.3 is 10.1 Å². The van der Waals surface area contributed by atoms with Crippen LogP contribution in [-0.2, 0) is 11.2 Å². The van der Waals surface area contributed by atoms with Crippen molar-refractivity contribution < 1.29 is 13.9 Å². The molecule has 1 N–H and O–H groups in total. The first kappa shape index (κ1) is 13.5. The van der Waals surface area contributed by atoms with Crippen LogP contribution >= 0.6 is 11.3 Å². The number of hydrogen-bond donors (Lipinski definition) is 1. The van der Waals surface area contributed by atoms with Gasteiger partial charge in [-0.3, -0.25) is 4.79 Å². The van der Waals surface area contributed by atoms with Crippen LogP contribution in [0.4, 0.5) is 9.52 Å². The SMILES string of the molecule is COc1ccc(CC(=O)Nc2ncc(C)s2)cc1F. The van der Waals surface area contributed by atoms with Gasteiger partial charge in [0.2, 0.25) is 5.91 Å². The van der Waals surface area contributed by atoms with E-state index in [1.807, 2.05) is 6.92 Å². The van der Waals surface area contributed by atoms with E-state index in [1.165, 1.54) is 30.6 Å². The zero-order chi connectivity index (χ0) is 13.8. The Morgan fingerprint density at radius 3 is 2.89 bits per heavy atom. The number of hydrogen-bond acceptors (Lipinski definition) is 4. The van der Waals surface area contributed by atoms with Crippen LogP contribution < -0.4 is 10.1 Å². The number of aromatic nitrogens is 1. The normalized spacial score (nSPS) is 10.3. The summed E-state index contributed by atoms with van der Waals surface area (Å²) in [5, 5.41) is 3.23. The molecule has 0 saturated heterocycles. The van der Waals surface area contributed by atoms with E-state index >= 15 is 0 Å². The second kappa shape index (κ2) is 5.79. The van der Waals surface area contributed by atoms with Crippen LogP contribution in [0, 0.1) is 12.7 Å². The maximum atomic E-state index is 13.5. The van der Waals surface area contributed by atoms with Crippen molar-refractivity contribution in [3.63, 3.8) is 0 Å². The smallest absolute Gasteiger partial charge is 0.230 e. The molecule has 0 atom stereocenters. The second-order valence-corrected chi connectivity index (χ2v) is 5.20. The Morgan fingerprint density at radius 2 is 2.32 bits per heavy atom. The second-order valence-electron chi connectivity index (χ2n) is 3.97. The Kier molecular flexibility index (Phi) is 4.11. The molecule has 19 heavy (non-hydrogen) atoms. The molecule has 1 aromatic carbocycles. The van der Waals surface area contributed by atoms with E-state index in [0.717, 1.165) is 4.88 Å². The van der Waals surface area contributed by atoms with Crippen molar-refractivity contribution in [1.29, 1.82) is 0 Å². The first-order chi connectivity index (χ1) is 9.08. The minimum atomic E-state index is -0.474. The Morgan fingerprint density at radius 1 is 1.53 bits per heavy atom. The highest BCUT2D eigenvalue weighted by Crippen LogP contribution is 2.19. The summed E-state index contributed by atoms with van der Waals surface area (Å²) in [4.78, 5) is 16.8. The Labute approximate surface area is 114 Å². The minimum Gasteiger partial charge on any atom is -0.494 e. The average molecular weight is 280 g/mol. The van der Waals surface area contributed by atoms with Gasteiger partial charge in [-0.1, -0.05) is 6.07 Å². The standard InChI is InChI=1S/C13H13FN2O2S/c1-8-7-15-13(19-8)16-12(17)6-9-3-4-11(18-2)10(14)5-9/h3-5,7H,6H2,1-2H3,(H,15,16,17). The van der Waals surface area contributed by atoms with Crippen molar-refractivity contribution >= 4 is 22.4 Å². The molecule has 0 aliphatic rings. The molecule has 1 amide bonds. The number of ether oxygens (including phenoxy) is 1. The van der Waals surface area contributed by atoms with Gasteiger partial charge in [0.15, 0.2) is 16.7 Å². The van der Waals surface area contributed by atoms with E-state index in [2.05, 4.69) is 10.3 Å². The van der Waals surface area contributed by atoms with Crippen LogP contribution in [0.5, 0.6) is 5.75 Å². The van der Waals surface area contributed by atoms with Gasteiger partial charge in [0, 0.05) is 11.1 Å². The first-order valence-electron chi connectivity index (χ1n) is 5.63. The first-order valence-corrected chi connectivity index (χ1v) is 6.45. The third-order valence-electron chi connectivity index (χ3n) is 2.45. The molecule has 0 aliphatic carbocycles. The third-order valence-corrected chi connectivity index (χ3v) is 3.28. The van der Waals surface area contributed by atoms with E-state index in [9.17, 15) is 9.18 Å². The molecule has 0 saturated carbocycles. The fourth-order valence-electron chi connectivity index (χ4n) is 1.58. The minimum absolute atomic E-state index is 0.0968. The fourth-order valence-corrected chi connectivity index (χ4v) is 2.26. The molecule has 0 fully saturated rings. The number of thiazole rings is 1. The van der Waals surface area contributed by atoms with Crippen molar-refractivity contribution in [2.45, 2.75) is 13.3 Å². The Hall–Kier alpha value is -1.95. The maximum Gasteiger partial charge on any atom is 0.230 e. The lowest BCUT2D eigenvalue weighted by Crippen LogP contribution is -2.14. The molecule has 0 unspecified atom stereocenters. The van der Waals surface area contributed by atoms with Gasteiger partial charge in [-0.15, -0.1) is 11.3 Å². The summed E-state index contributed by atoms with van der Waals surface area (Å²) in [7, 11) is 1.40. The Balaban J connectivity index is 2.00. The van der Waals surface area contributed by atoms with Crippen molar-refractivity contribution in [3.05, 3.63) is 40.7 Å². The highest BCUT2D eigenvalue weighted by molar-refractivity contribution is 7.15. The van der Waals surface area contributed by atoms with E-state index in [-0.39, 0.29) is 18.1 Å². The predicted molar refractivity (Wildman–Crippen MR) is 72.1 cm³/mol. The summed E-state index contributed by atoms with van der Waals surface area (Å²) in [6.07, 6.45) is 1.78. The number of nitrogens with zero attached hydrogens (tertiary/aromatic N) is 1. The molecule has 2 aromatic rings.